The lowest BCUT2D eigenvalue weighted by Gasteiger charge is -2.32. The molecule has 8 nitrogen and oxygen atoms in total. The summed E-state index contributed by atoms with van der Waals surface area (Å²) in [5.74, 6) is 0.583. The lowest BCUT2D eigenvalue weighted by Crippen LogP contribution is -2.45. The zero-order chi connectivity index (χ0) is 19.9. The second-order valence-corrected chi connectivity index (χ2v) is 9.17. The molecule has 2 heterocycles. The third kappa shape index (κ3) is 3.89. The number of hydrogen-bond acceptors (Lipinski definition) is 5. The average molecular weight is 404 g/mol. The van der Waals surface area contributed by atoms with Crippen molar-refractivity contribution < 1.29 is 14.7 Å². The Morgan fingerprint density at radius 2 is 2.21 bits per heavy atom. The van der Waals surface area contributed by atoms with Gasteiger partial charge in [-0.25, -0.2) is 9.78 Å². The first-order valence-corrected chi connectivity index (χ1v) is 10.5. The number of H-pyrrole nitrogens is 1. The van der Waals surface area contributed by atoms with E-state index in [-0.39, 0.29) is 29.8 Å². The Kier molecular flexibility index (Phi) is 4.86. The van der Waals surface area contributed by atoms with Crippen LogP contribution in [-0.4, -0.2) is 48.8 Å². The second kappa shape index (κ2) is 7.20. The molecule has 2 amide bonds. The number of aromatic nitrogens is 3. The first kappa shape index (κ1) is 18.9. The molecule has 0 spiro atoms. The molecule has 0 radical (unpaired) electrons. The number of aryl methyl sites for hydroxylation is 1. The molecule has 2 atom stereocenters. The fourth-order valence-electron chi connectivity index (χ4n) is 4.18. The summed E-state index contributed by atoms with van der Waals surface area (Å²) in [6, 6.07) is 1.91. The highest BCUT2D eigenvalue weighted by Crippen LogP contribution is 2.47. The van der Waals surface area contributed by atoms with E-state index in [0.29, 0.717) is 5.82 Å². The summed E-state index contributed by atoms with van der Waals surface area (Å²) in [6.07, 6.45) is 3.85. The molecule has 0 unspecified atom stereocenters. The molecule has 3 N–H and O–H groups in total. The number of anilines is 1. The van der Waals surface area contributed by atoms with E-state index in [1.165, 1.54) is 11.3 Å². The van der Waals surface area contributed by atoms with Gasteiger partial charge in [0, 0.05) is 34.6 Å². The van der Waals surface area contributed by atoms with Crippen molar-refractivity contribution in [3.05, 3.63) is 27.8 Å². The maximum Gasteiger partial charge on any atom is 0.408 e. The van der Waals surface area contributed by atoms with E-state index in [0.717, 1.165) is 48.5 Å². The molecule has 2 fully saturated rings. The highest BCUT2D eigenvalue weighted by Gasteiger charge is 2.50. The average Bonchev–Trinajstić information content (AvgIpc) is 3.03. The van der Waals surface area contributed by atoms with Crippen molar-refractivity contribution in [1.82, 2.24) is 20.1 Å². The number of thiazole rings is 1. The normalized spacial score (nSPS) is 22.8. The lowest BCUT2D eigenvalue weighted by molar-refractivity contribution is -0.115. The fraction of sp³-hybridized carbons (Fsp3) is 0.579. The standard InChI is InChI=1S/C19H25N5O3S/c1-11-20-13(10-28-11)8-17(25)21-16-9-15(22-23-16)12-3-4-14(7-12)24(18(26)27)19(2)5-6-19/h9-10,12,14H,3-8H2,1-2H3,(H,26,27)(H2,21,22,23,25)/t12-,14+/m0/s1. The van der Waals surface area contributed by atoms with Crippen LogP contribution < -0.4 is 5.32 Å². The van der Waals surface area contributed by atoms with Gasteiger partial charge < -0.3 is 10.4 Å². The molecule has 150 valence electrons. The Labute approximate surface area is 167 Å². The lowest BCUT2D eigenvalue weighted by atomic mass is 10.0. The molecule has 2 aliphatic rings. The SMILES string of the molecule is Cc1nc(CC(=O)Nc2cc([C@H]3CC[C@@H](N(C(=O)O)C4(C)CC4)C3)[nH]n2)cs1. The number of rotatable bonds is 6. The molecule has 9 heteroatoms. The Hall–Kier alpha value is -2.42. The van der Waals surface area contributed by atoms with Crippen molar-refractivity contribution in [3.63, 3.8) is 0 Å². The van der Waals surface area contributed by atoms with E-state index in [1.807, 2.05) is 25.3 Å². The van der Waals surface area contributed by atoms with Crippen molar-refractivity contribution >= 4 is 29.2 Å². The van der Waals surface area contributed by atoms with Crippen molar-refractivity contribution in [2.24, 2.45) is 0 Å². The van der Waals surface area contributed by atoms with Gasteiger partial charge in [0.05, 0.1) is 17.1 Å². The smallest absolute Gasteiger partial charge is 0.408 e. The number of carbonyl (C=O) groups is 2. The molecule has 2 aromatic rings. The molecule has 0 bridgehead atoms. The summed E-state index contributed by atoms with van der Waals surface area (Å²) < 4.78 is 0. The molecule has 0 aromatic carbocycles. The van der Waals surface area contributed by atoms with Gasteiger partial charge in [-0.2, -0.15) is 5.10 Å². The van der Waals surface area contributed by atoms with E-state index in [1.54, 1.807) is 4.90 Å². The van der Waals surface area contributed by atoms with Crippen LogP contribution in [0.4, 0.5) is 10.6 Å². The molecule has 2 saturated carbocycles. The Bertz CT molecular complexity index is 888. The third-order valence-electron chi connectivity index (χ3n) is 5.84. The van der Waals surface area contributed by atoms with Gasteiger partial charge in [0.1, 0.15) is 0 Å². The van der Waals surface area contributed by atoms with Crippen molar-refractivity contribution in [3.8, 4) is 0 Å². The van der Waals surface area contributed by atoms with Crippen LogP contribution in [0.1, 0.15) is 61.3 Å². The summed E-state index contributed by atoms with van der Waals surface area (Å²) >= 11 is 1.53. The highest BCUT2D eigenvalue weighted by molar-refractivity contribution is 7.09. The summed E-state index contributed by atoms with van der Waals surface area (Å²) in [4.78, 5) is 29.9. The molecule has 28 heavy (non-hydrogen) atoms. The molecular weight excluding hydrogens is 378 g/mol. The summed E-state index contributed by atoms with van der Waals surface area (Å²) in [5, 5.41) is 22.5. The number of carbonyl (C=O) groups excluding carboxylic acids is 1. The first-order valence-electron chi connectivity index (χ1n) is 9.62. The van der Waals surface area contributed by atoms with Gasteiger partial charge in [-0.05, 0) is 46.0 Å². The minimum Gasteiger partial charge on any atom is -0.465 e. The number of nitrogens with zero attached hydrogens (tertiary/aromatic N) is 3. The quantitative estimate of drug-likeness (QED) is 0.683. The zero-order valence-electron chi connectivity index (χ0n) is 16.1. The van der Waals surface area contributed by atoms with Crippen LogP contribution in [0.25, 0.3) is 0 Å². The fourth-order valence-corrected chi connectivity index (χ4v) is 4.79. The van der Waals surface area contributed by atoms with Gasteiger partial charge in [0.15, 0.2) is 5.82 Å². The molecular formula is C19H25N5O3S. The largest absolute Gasteiger partial charge is 0.465 e. The monoisotopic (exact) mass is 403 g/mol. The predicted octanol–water partition coefficient (Wildman–Crippen LogP) is 3.52. The van der Waals surface area contributed by atoms with Crippen LogP contribution in [-0.2, 0) is 11.2 Å². The van der Waals surface area contributed by atoms with Gasteiger partial charge in [-0.3, -0.25) is 14.8 Å². The highest BCUT2D eigenvalue weighted by atomic mass is 32.1. The van der Waals surface area contributed by atoms with Crippen LogP contribution in [0.3, 0.4) is 0 Å². The molecule has 0 saturated heterocycles. The second-order valence-electron chi connectivity index (χ2n) is 8.10. The molecule has 4 rings (SSSR count). The third-order valence-corrected chi connectivity index (χ3v) is 6.67. The van der Waals surface area contributed by atoms with Crippen molar-refractivity contribution in [2.45, 2.75) is 69.9 Å². The van der Waals surface area contributed by atoms with Crippen molar-refractivity contribution in [2.75, 3.05) is 5.32 Å². The van der Waals surface area contributed by atoms with E-state index >= 15 is 0 Å². The van der Waals surface area contributed by atoms with E-state index in [4.69, 9.17) is 0 Å². The summed E-state index contributed by atoms with van der Waals surface area (Å²) in [5.41, 5.74) is 1.53. The number of nitrogens with one attached hydrogen (secondary N) is 2. The van der Waals surface area contributed by atoms with Crippen LogP contribution in [0.5, 0.6) is 0 Å². The number of carboxylic acid groups (broad SMARTS) is 1. The Morgan fingerprint density at radius 3 is 2.86 bits per heavy atom. The van der Waals surface area contributed by atoms with Crippen LogP contribution in [0, 0.1) is 6.92 Å². The van der Waals surface area contributed by atoms with Crippen LogP contribution in [0.15, 0.2) is 11.4 Å². The van der Waals surface area contributed by atoms with Gasteiger partial charge in [0.2, 0.25) is 5.91 Å². The van der Waals surface area contributed by atoms with Gasteiger partial charge in [0.25, 0.3) is 0 Å². The van der Waals surface area contributed by atoms with E-state index < -0.39 is 6.09 Å². The number of hydrogen-bond donors (Lipinski definition) is 3. The topological polar surface area (TPSA) is 111 Å². The van der Waals surface area contributed by atoms with Gasteiger partial charge in [-0.1, -0.05) is 0 Å². The maximum atomic E-state index is 12.2. The van der Waals surface area contributed by atoms with Gasteiger partial charge in [-0.15, -0.1) is 11.3 Å². The minimum absolute atomic E-state index is 0.0456. The Morgan fingerprint density at radius 1 is 1.43 bits per heavy atom. The number of amides is 2. The van der Waals surface area contributed by atoms with E-state index in [9.17, 15) is 14.7 Å². The van der Waals surface area contributed by atoms with Crippen LogP contribution in [0.2, 0.25) is 0 Å². The predicted molar refractivity (Wildman–Crippen MR) is 106 cm³/mol. The maximum absolute atomic E-state index is 12.2. The molecule has 0 aliphatic heterocycles. The van der Waals surface area contributed by atoms with E-state index in [2.05, 4.69) is 20.5 Å². The Balaban J connectivity index is 1.35. The van der Waals surface area contributed by atoms with Gasteiger partial charge >= 0.3 is 6.09 Å². The summed E-state index contributed by atoms with van der Waals surface area (Å²) in [7, 11) is 0. The van der Waals surface area contributed by atoms with Crippen molar-refractivity contribution in [1.29, 1.82) is 0 Å². The van der Waals surface area contributed by atoms with Crippen LogP contribution >= 0.6 is 11.3 Å². The summed E-state index contributed by atoms with van der Waals surface area (Å²) in [6.45, 7) is 3.94. The number of aromatic amines is 1. The first-order chi connectivity index (χ1) is 13.3. The molecule has 2 aliphatic carbocycles. The molecule has 2 aromatic heterocycles. The minimum atomic E-state index is -0.819. The zero-order valence-corrected chi connectivity index (χ0v) is 16.9.